The molecule has 0 amide bonds. The lowest BCUT2D eigenvalue weighted by atomic mass is 9.87. The van der Waals surface area contributed by atoms with Crippen LogP contribution in [0, 0.1) is 0 Å². The fraction of sp³-hybridized carbons (Fsp3) is 0.429. The lowest BCUT2D eigenvalue weighted by molar-refractivity contribution is 0.207. The molecule has 0 atom stereocenters. The summed E-state index contributed by atoms with van der Waals surface area (Å²) in [5.41, 5.74) is 4.42. The number of hydrogen-bond acceptors (Lipinski definition) is 1. The van der Waals surface area contributed by atoms with Crippen molar-refractivity contribution >= 4 is 0 Å². The van der Waals surface area contributed by atoms with Crippen LogP contribution in [0.5, 0.6) is 0 Å². The van der Waals surface area contributed by atoms with Gasteiger partial charge >= 0.3 is 0 Å². The molecule has 0 unspecified atom stereocenters. The molecule has 0 N–H and O–H groups in total. The molecule has 15 heavy (non-hydrogen) atoms. The van der Waals surface area contributed by atoms with Gasteiger partial charge < -0.3 is 4.74 Å². The Kier molecular flexibility index (Phi) is 2.24. The summed E-state index contributed by atoms with van der Waals surface area (Å²) >= 11 is 0. The van der Waals surface area contributed by atoms with Gasteiger partial charge in [-0.3, -0.25) is 0 Å². The van der Waals surface area contributed by atoms with E-state index in [0.717, 1.165) is 19.4 Å². The predicted molar refractivity (Wildman–Crippen MR) is 61.4 cm³/mol. The van der Waals surface area contributed by atoms with Crippen molar-refractivity contribution in [3.05, 3.63) is 46.8 Å². The third-order valence-electron chi connectivity index (χ3n) is 3.42. The highest BCUT2D eigenvalue weighted by Crippen LogP contribution is 2.37. The Balaban J connectivity index is 2.04. The zero-order valence-corrected chi connectivity index (χ0v) is 8.96. The third-order valence-corrected chi connectivity index (χ3v) is 3.42. The molecule has 78 valence electrons. The zero-order valence-electron chi connectivity index (χ0n) is 8.96. The van der Waals surface area contributed by atoms with Gasteiger partial charge in [-0.15, -0.1) is 0 Å². The van der Waals surface area contributed by atoms with Crippen LogP contribution < -0.4 is 0 Å². The molecule has 0 aromatic heterocycles. The maximum absolute atomic E-state index is 5.86. The minimum Gasteiger partial charge on any atom is -0.493 e. The summed E-state index contributed by atoms with van der Waals surface area (Å²) in [6.45, 7) is 0.808. The summed E-state index contributed by atoms with van der Waals surface area (Å²) in [5.74, 6) is 1.27. The van der Waals surface area contributed by atoms with E-state index in [1.807, 2.05) is 0 Å². The number of allylic oxidation sites excluding steroid dienone is 7. The van der Waals surface area contributed by atoms with Gasteiger partial charge in [0.25, 0.3) is 0 Å². The second-order valence-electron chi connectivity index (χ2n) is 4.41. The van der Waals surface area contributed by atoms with E-state index >= 15 is 0 Å². The van der Waals surface area contributed by atoms with E-state index in [4.69, 9.17) is 4.74 Å². The summed E-state index contributed by atoms with van der Waals surface area (Å²) in [6, 6.07) is 0. The predicted octanol–water partition coefficient (Wildman–Crippen LogP) is 3.66. The fourth-order valence-corrected chi connectivity index (χ4v) is 2.62. The lowest BCUT2D eigenvalue weighted by Gasteiger charge is -2.28. The van der Waals surface area contributed by atoms with Gasteiger partial charge in [0.2, 0.25) is 0 Å². The van der Waals surface area contributed by atoms with E-state index in [0.29, 0.717) is 0 Å². The van der Waals surface area contributed by atoms with E-state index < -0.39 is 0 Å². The van der Waals surface area contributed by atoms with Crippen LogP contribution in [0.2, 0.25) is 0 Å². The van der Waals surface area contributed by atoms with Crippen LogP contribution in [0.1, 0.15) is 32.1 Å². The number of fused-ring (bicyclic) bond motifs is 1. The molecule has 1 nitrogen and oxygen atoms in total. The first-order valence-electron chi connectivity index (χ1n) is 5.85. The van der Waals surface area contributed by atoms with Crippen molar-refractivity contribution < 1.29 is 4.74 Å². The van der Waals surface area contributed by atoms with Gasteiger partial charge in [0.1, 0.15) is 12.4 Å². The Bertz CT molecular complexity index is 394. The van der Waals surface area contributed by atoms with E-state index in [1.54, 1.807) is 0 Å². The fourth-order valence-electron chi connectivity index (χ4n) is 2.62. The molecule has 0 spiro atoms. The van der Waals surface area contributed by atoms with Crippen LogP contribution in [0.15, 0.2) is 46.8 Å². The minimum atomic E-state index is 0.808. The maximum atomic E-state index is 5.86. The van der Waals surface area contributed by atoms with Crippen molar-refractivity contribution in [2.24, 2.45) is 0 Å². The van der Waals surface area contributed by atoms with Crippen molar-refractivity contribution in [2.75, 3.05) is 6.61 Å². The van der Waals surface area contributed by atoms with Gasteiger partial charge in [-0.25, -0.2) is 0 Å². The van der Waals surface area contributed by atoms with Crippen LogP contribution >= 0.6 is 0 Å². The van der Waals surface area contributed by atoms with Gasteiger partial charge in [0.05, 0.1) is 0 Å². The van der Waals surface area contributed by atoms with Crippen LogP contribution in [-0.2, 0) is 4.74 Å². The summed E-state index contributed by atoms with van der Waals surface area (Å²) in [6.07, 6.45) is 14.8. The first kappa shape index (κ1) is 9.02. The van der Waals surface area contributed by atoms with Crippen molar-refractivity contribution in [2.45, 2.75) is 32.1 Å². The van der Waals surface area contributed by atoms with Crippen LogP contribution in [0.3, 0.4) is 0 Å². The molecular weight excluding hydrogens is 184 g/mol. The minimum absolute atomic E-state index is 0.808. The standard InChI is InChI=1S/C14H16O/c1-2-6-11-10-15-14-9-5-4-8-13(14)12(11)7-3-1/h1-3,7H,4-6,8-10H2. The molecule has 0 saturated heterocycles. The number of hydrogen-bond donors (Lipinski definition) is 0. The highest BCUT2D eigenvalue weighted by Gasteiger charge is 2.23. The van der Waals surface area contributed by atoms with E-state index in [9.17, 15) is 0 Å². The van der Waals surface area contributed by atoms with Gasteiger partial charge in [-0.05, 0) is 42.4 Å². The second kappa shape index (κ2) is 3.73. The molecule has 0 bridgehead atoms. The van der Waals surface area contributed by atoms with E-state index in [2.05, 4.69) is 24.3 Å². The van der Waals surface area contributed by atoms with Crippen LogP contribution in [0.25, 0.3) is 0 Å². The number of ether oxygens (including phenoxy) is 1. The molecule has 0 aromatic rings. The second-order valence-corrected chi connectivity index (χ2v) is 4.41. The van der Waals surface area contributed by atoms with Gasteiger partial charge in [0, 0.05) is 6.42 Å². The summed E-state index contributed by atoms with van der Waals surface area (Å²) in [5, 5.41) is 0. The van der Waals surface area contributed by atoms with Gasteiger partial charge in [0.15, 0.2) is 0 Å². The van der Waals surface area contributed by atoms with Crippen molar-refractivity contribution in [1.82, 2.24) is 0 Å². The zero-order chi connectivity index (χ0) is 10.1. The van der Waals surface area contributed by atoms with Crippen LogP contribution in [-0.4, -0.2) is 6.61 Å². The maximum Gasteiger partial charge on any atom is 0.110 e. The molecule has 1 aliphatic heterocycles. The average molecular weight is 200 g/mol. The highest BCUT2D eigenvalue weighted by atomic mass is 16.5. The molecule has 0 aromatic carbocycles. The Morgan fingerprint density at radius 3 is 3.00 bits per heavy atom. The van der Waals surface area contributed by atoms with Crippen LogP contribution in [0.4, 0.5) is 0 Å². The lowest BCUT2D eigenvalue weighted by Crippen LogP contribution is -2.14. The Hall–Kier alpha value is -1.24. The molecule has 0 fully saturated rings. The topological polar surface area (TPSA) is 9.23 Å². The molecule has 2 aliphatic carbocycles. The molecule has 0 saturated carbocycles. The molecular formula is C14H16O. The smallest absolute Gasteiger partial charge is 0.110 e. The summed E-state index contributed by atoms with van der Waals surface area (Å²) < 4.78 is 5.86. The first-order valence-corrected chi connectivity index (χ1v) is 5.85. The average Bonchev–Trinajstić information content (AvgIpc) is 2.54. The Labute approximate surface area is 90.8 Å². The van der Waals surface area contributed by atoms with Crippen molar-refractivity contribution in [1.29, 1.82) is 0 Å². The molecule has 1 heteroatoms. The van der Waals surface area contributed by atoms with E-state index in [-0.39, 0.29) is 0 Å². The third kappa shape index (κ3) is 1.56. The summed E-state index contributed by atoms with van der Waals surface area (Å²) in [7, 11) is 0. The first-order chi connectivity index (χ1) is 7.45. The van der Waals surface area contributed by atoms with Crippen molar-refractivity contribution in [3.63, 3.8) is 0 Å². The monoisotopic (exact) mass is 200 g/mol. The molecule has 1 heterocycles. The summed E-state index contributed by atoms with van der Waals surface area (Å²) in [4.78, 5) is 0. The van der Waals surface area contributed by atoms with Gasteiger partial charge in [-0.1, -0.05) is 24.3 Å². The van der Waals surface area contributed by atoms with Gasteiger partial charge in [-0.2, -0.15) is 0 Å². The van der Waals surface area contributed by atoms with E-state index in [1.165, 1.54) is 41.7 Å². The SMILES string of the molecule is C1=CCC2=C(C=C1)C1=C(CCCC1)OC2. The highest BCUT2D eigenvalue weighted by molar-refractivity contribution is 5.50. The Morgan fingerprint density at radius 2 is 2.00 bits per heavy atom. The normalized spacial score (nSPS) is 24.5. The molecule has 3 rings (SSSR count). The molecule has 3 aliphatic rings. The quantitative estimate of drug-likeness (QED) is 0.580. The number of rotatable bonds is 0. The van der Waals surface area contributed by atoms with Crippen molar-refractivity contribution in [3.8, 4) is 0 Å². The Morgan fingerprint density at radius 1 is 1.07 bits per heavy atom. The largest absolute Gasteiger partial charge is 0.493 e. The molecule has 0 radical (unpaired) electrons.